The molecule has 0 aliphatic heterocycles. The van der Waals surface area contributed by atoms with Gasteiger partial charge in [-0.05, 0) is 24.3 Å². The van der Waals surface area contributed by atoms with E-state index in [2.05, 4.69) is 11.8 Å². The van der Waals surface area contributed by atoms with Crippen LogP contribution >= 0.6 is 0 Å². The predicted molar refractivity (Wildman–Crippen MR) is 69.9 cm³/mol. The van der Waals surface area contributed by atoms with Crippen LogP contribution in [0.1, 0.15) is 11.1 Å². The molecule has 0 saturated carbocycles. The average Bonchev–Trinajstić information content (AvgIpc) is 2.37. The van der Waals surface area contributed by atoms with Crippen molar-refractivity contribution < 1.29 is 4.92 Å². The van der Waals surface area contributed by atoms with E-state index < -0.39 is 4.92 Å². The molecule has 2 aromatic carbocycles. The van der Waals surface area contributed by atoms with Crippen molar-refractivity contribution in [1.82, 2.24) is 0 Å². The van der Waals surface area contributed by atoms with Gasteiger partial charge in [0.1, 0.15) is 5.69 Å². The molecule has 0 aliphatic rings. The predicted octanol–water partition coefficient (Wildman–Crippen LogP) is 2.58. The molecule has 0 heterocycles. The normalized spacial score (nSPS) is 9.33. The molecule has 0 amide bonds. The number of rotatable bonds is 1. The van der Waals surface area contributed by atoms with E-state index in [0.717, 1.165) is 5.56 Å². The van der Waals surface area contributed by atoms with Gasteiger partial charge in [0.15, 0.2) is 0 Å². The van der Waals surface area contributed by atoms with Crippen LogP contribution in [0.5, 0.6) is 0 Å². The Morgan fingerprint density at radius 2 is 1.67 bits per heavy atom. The number of nitrogen functional groups attached to an aromatic ring is 1. The van der Waals surface area contributed by atoms with Gasteiger partial charge < -0.3 is 5.73 Å². The maximum absolute atomic E-state index is 10.6. The van der Waals surface area contributed by atoms with Crippen molar-refractivity contribution in [3.05, 3.63) is 69.8 Å². The molecule has 0 bridgehead atoms. The molecule has 2 rings (SSSR count). The van der Waals surface area contributed by atoms with Crippen molar-refractivity contribution in [2.75, 3.05) is 5.73 Å². The lowest BCUT2D eigenvalue weighted by Crippen LogP contribution is -1.95. The molecule has 4 nitrogen and oxygen atoms in total. The number of benzene rings is 2. The Kier molecular flexibility index (Phi) is 3.26. The Labute approximate surface area is 104 Å². The van der Waals surface area contributed by atoms with E-state index in [-0.39, 0.29) is 11.4 Å². The van der Waals surface area contributed by atoms with Crippen LogP contribution in [0.15, 0.2) is 48.5 Å². The fraction of sp³-hybridized carbons (Fsp3) is 0. The van der Waals surface area contributed by atoms with E-state index in [1.807, 2.05) is 30.3 Å². The molecule has 2 aromatic rings. The topological polar surface area (TPSA) is 69.2 Å². The van der Waals surface area contributed by atoms with Gasteiger partial charge in [-0.25, -0.2) is 0 Å². The van der Waals surface area contributed by atoms with Gasteiger partial charge in [0.25, 0.3) is 5.69 Å². The highest BCUT2D eigenvalue weighted by Gasteiger charge is 2.09. The van der Waals surface area contributed by atoms with E-state index in [0.29, 0.717) is 5.56 Å². The van der Waals surface area contributed by atoms with Gasteiger partial charge in [-0.15, -0.1) is 0 Å². The zero-order chi connectivity index (χ0) is 13.0. The van der Waals surface area contributed by atoms with Gasteiger partial charge in [-0.2, -0.15) is 0 Å². The van der Waals surface area contributed by atoms with Crippen LogP contribution < -0.4 is 5.73 Å². The smallest absolute Gasteiger partial charge is 0.292 e. The number of hydrogen-bond acceptors (Lipinski definition) is 3. The lowest BCUT2D eigenvalue weighted by Gasteiger charge is -1.97. The molecule has 0 unspecified atom stereocenters. The number of nitro benzene ring substituents is 1. The van der Waals surface area contributed by atoms with Crippen LogP contribution in [0.3, 0.4) is 0 Å². The van der Waals surface area contributed by atoms with E-state index in [9.17, 15) is 10.1 Å². The molecule has 18 heavy (non-hydrogen) atoms. The second kappa shape index (κ2) is 5.02. The third kappa shape index (κ3) is 2.66. The van der Waals surface area contributed by atoms with Gasteiger partial charge in [0.2, 0.25) is 0 Å². The summed E-state index contributed by atoms with van der Waals surface area (Å²) in [6.45, 7) is 0. The maximum Gasteiger partial charge on any atom is 0.292 e. The number of hydrogen-bond donors (Lipinski definition) is 1. The molecule has 0 fully saturated rings. The SMILES string of the molecule is Nc1cc(C#Cc2ccccc2)ccc1[N+](=O)[O-]. The molecule has 2 N–H and O–H groups in total. The minimum Gasteiger partial charge on any atom is -0.393 e. The summed E-state index contributed by atoms with van der Waals surface area (Å²) < 4.78 is 0. The van der Waals surface area contributed by atoms with Crippen LogP contribution in [0.4, 0.5) is 11.4 Å². The highest BCUT2D eigenvalue weighted by Crippen LogP contribution is 2.21. The molecule has 0 saturated heterocycles. The van der Waals surface area contributed by atoms with Crippen LogP contribution in [0.2, 0.25) is 0 Å². The van der Waals surface area contributed by atoms with Gasteiger partial charge in [0, 0.05) is 17.2 Å². The van der Waals surface area contributed by atoms with Gasteiger partial charge in [0.05, 0.1) is 4.92 Å². The summed E-state index contributed by atoms with van der Waals surface area (Å²) >= 11 is 0. The van der Waals surface area contributed by atoms with Gasteiger partial charge in [-0.3, -0.25) is 10.1 Å². The summed E-state index contributed by atoms with van der Waals surface area (Å²) in [7, 11) is 0. The molecular weight excluding hydrogens is 228 g/mol. The zero-order valence-electron chi connectivity index (χ0n) is 9.46. The van der Waals surface area contributed by atoms with Crippen molar-refractivity contribution in [3.63, 3.8) is 0 Å². The number of anilines is 1. The third-order valence-electron chi connectivity index (χ3n) is 2.35. The Morgan fingerprint density at radius 3 is 2.28 bits per heavy atom. The summed E-state index contributed by atoms with van der Waals surface area (Å²) in [5.74, 6) is 5.88. The van der Waals surface area contributed by atoms with Crippen molar-refractivity contribution in [2.24, 2.45) is 0 Å². The second-order valence-corrected chi connectivity index (χ2v) is 3.65. The summed E-state index contributed by atoms with van der Waals surface area (Å²) in [4.78, 5) is 10.1. The van der Waals surface area contributed by atoms with Crippen molar-refractivity contribution in [1.29, 1.82) is 0 Å². The highest BCUT2D eigenvalue weighted by atomic mass is 16.6. The summed E-state index contributed by atoms with van der Waals surface area (Å²) in [6, 6.07) is 13.9. The summed E-state index contributed by atoms with van der Waals surface area (Å²) in [5, 5.41) is 10.6. The summed E-state index contributed by atoms with van der Waals surface area (Å²) in [5.41, 5.74) is 7.15. The average molecular weight is 238 g/mol. The molecular formula is C14H10N2O2. The fourth-order valence-corrected chi connectivity index (χ4v) is 1.46. The first-order valence-corrected chi connectivity index (χ1v) is 5.28. The number of nitro groups is 1. The van der Waals surface area contributed by atoms with Crippen molar-refractivity contribution in [3.8, 4) is 11.8 Å². The minimum atomic E-state index is -0.510. The highest BCUT2D eigenvalue weighted by molar-refractivity contribution is 5.62. The van der Waals surface area contributed by atoms with Crippen LogP contribution in [0, 0.1) is 22.0 Å². The van der Waals surface area contributed by atoms with Crippen molar-refractivity contribution >= 4 is 11.4 Å². The lowest BCUT2D eigenvalue weighted by atomic mass is 10.1. The standard InChI is InChI=1S/C14H10N2O2/c15-13-10-12(8-9-14(13)16(17)18)7-6-11-4-2-1-3-5-11/h1-5,8-10H,15H2. The minimum absolute atomic E-state index is 0.0970. The maximum atomic E-state index is 10.6. The Hall–Kier alpha value is -2.80. The first-order valence-electron chi connectivity index (χ1n) is 5.28. The fourth-order valence-electron chi connectivity index (χ4n) is 1.46. The second-order valence-electron chi connectivity index (χ2n) is 3.65. The van der Waals surface area contributed by atoms with Crippen LogP contribution in [-0.4, -0.2) is 4.92 Å². The largest absolute Gasteiger partial charge is 0.393 e. The Bertz CT molecular complexity index is 640. The third-order valence-corrected chi connectivity index (χ3v) is 2.35. The first kappa shape index (κ1) is 11.7. The summed E-state index contributed by atoms with van der Waals surface area (Å²) in [6.07, 6.45) is 0. The molecule has 0 aromatic heterocycles. The molecule has 88 valence electrons. The van der Waals surface area contributed by atoms with Gasteiger partial charge >= 0.3 is 0 Å². The van der Waals surface area contributed by atoms with Crippen LogP contribution in [-0.2, 0) is 0 Å². The molecule has 0 spiro atoms. The monoisotopic (exact) mass is 238 g/mol. The van der Waals surface area contributed by atoms with E-state index in [4.69, 9.17) is 5.73 Å². The lowest BCUT2D eigenvalue weighted by molar-refractivity contribution is -0.383. The first-order chi connectivity index (χ1) is 8.66. The van der Waals surface area contributed by atoms with E-state index in [1.165, 1.54) is 12.1 Å². The number of nitrogens with two attached hydrogens (primary N) is 1. The quantitative estimate of drug-likeness (QED) is 0.359. The molecule has 4 heteroatoms. The van der Waals surface area contributed by atoms with Crippen molar-refractivity contribution in [2.45, 2.75) is 0 Å². The zero-order valence-corrected chi connectivity index (χ0v) is 9.46. The van der Waals surface area contributed by atoms with Crippen LogP contribution in [0.25, 0.3) is 0 Å². The number of nitrogens with zero attached hydrogens (tertiary/aromatic N) is 1. The van der Waals surface area contributed by atoms with E-state index in [1.54, 1.807) is 6.07 Å². The Morgan fingerprint density at radius 1 is 1.00 bits per heavy atom. The Balaban J connectivity index is 2.29. The van der Waals surface area contributed by atoms with Gasteiger partial charge in [-0.1, -0.05) is 30.0 Å². The molecule has 0 atom stereocenters. The molecule has 0 radical (unpaired) electrons. The molecule has 0 aliphatic carbocycles. The van der Waals surface area contributed by atoms with E-state index >= 15 is 0 Å².